The maximum Gasteiger partial charge on any atom is 0.293 e. The highest BCUT2D eigenvalue weighted by atomic mass is 35.5. The lowest BCUT2D eigenvalue weighted by Gasteiger charge is -1.96. The predicted molar refractivity (Wildman–Crippen MR) is 69.7 cm³/mol. The third kappa shape index (κ3) is 3.38. The molecule has 1 aromatic heterocycles. The number of nitrogens with one attached hydrogen (secondary N) is 1. The van der Waals surface area contributed by atoms with Gasteiger partial charge in [-0.15, -0.1) is 0 Å². The van der Waals surface area contributed by atoms with Gasteiger partial charge >= 0.3 is 0 Å². The molecule has 0 atom stereocenters. The second-order valence-corrected chi connectivity index (χ2v) is 4.16. The van der Waals surface area contributed by atoms with Crippen LogP contribution in [0.2, 0.25) is 5.02 Å². The van der Waals surface area contributed by atoms with Crippen molar-refractivity contribution in [2.75, 3.05) is 0 Å². The van der Waals surface area contributed by atoms with Crippen molar-refractivity contribution in [2.45, 2.75) is 0 Å². The van der Waals surface area contributed by atoms with Gasteiger partial charge in [-0.3, -0.25) is 9.48 Å². The molecule has 0 aliphatic rings. The third-order valence-electron chi connectivity index (χ3n) is 2.25. The zero-order chi connectivity index (χ0) is 13.8. The Hall–Kier alpha value is -2.21. The van der Waals surface area contributed by atoms with Crippen LogP contribution in [0.5, 0.6) is 0 Å². The Labute approximate surface area is 113 Å². The van der Waals surface area contributed by atoms with Crippen molar-refractivity contribution in [1.29, 1.82) is 0 Å². The molecule has 1 heterocycles. The van der Waals surface area contributed by atoms with Gasteiger partial charge in [-0.05, 0) is 17.7 Å². The summed E-state index contributed by atoms with van der Waals surface area (Å²) in [6, 6.07) is 5.69. The number of nitrogens with zero attached hydrogens (tertiary/aromatic N) is 3. The first-order chi connectivity index (χ1) is 9.06. The zero-order valence-corrected chi connectivity index (χ0v) is 10.7. The smallest absolute Gasteiger partial charge is 0.273 e. The van der Waals surface area contributed by atoms with Gasteiger partial charge in [0.1, 0.15) is 5.82 Å². The number of aryl methyl sites for hydroxylation is 1. The van der Waals surface area contributed by atoms with E-state index in [-0.39, 0.29) is 16.5 Å². The summed E-state index contributed by atoms with van der Waals surface area (Å²) in [6.07, 6.45) is 2.91. The van der Waals surface area contributed by atoms with Crippen LogP contribution in [0.15, 0.2) is 35.6 Å². The first-order valence-electron chi connectivity index (χ1n) is 5.34. The molecule has 2 aromatic rings. The normalized spacial score (nSPS) is 10.9. The van der Waals surface area contributed by atoms with E-state index in [1.54, 1.807) is 19.2 Å². The molecule has 0 radical (unpaired) electrons. The summed E-state index contributed by atoms with van der Waals surface area (Å²) in [5.41, 5.74) is 3.05. The van der Waals surface area contributed by atoms with Crippen molar-refractivity contribution in [1.82, 2.24) is 15.2 Å². The van der Waals surface area contributed by atoms with Gasteiger partial charge in [0, 0.05) is 13.2 Å². The molecule has 0 fully saturated rings. The summed E-state index contributed by atoms with van der Waals surface area (Å²) >= 11 is 5.82. The van der Waals surface area contributed by atoms with E-state index in [1.165, 1.54) is 29.2 Å². The monoisotopic (exact) mass is 280 g/mol. The Morgan fingerprint density at radius 2 is 2.16 bits per heavy atom. The Bertz CT molecular complexity index is 621. The number of carbonyl (C=O) groups is 1. The van der Waals surface area contributed by atoms with Crippen molar-refractivity contribution in [3.8, 4) is 0 Å². The second kappa shape index (κ2) is 5.62. The van der Waals surface area contributed by atoms with Gasteiger partial charge in [-0.2, -0.15) is 10.2 Å². The molecule has 1 aromatic carbocycles. The molecule has 2 rings (SSSR count). The average molecular weight is 281 g/mol. The third-order valence-corrected chi connectivity index (χ3v) is 2.53. The molecule has 1 amide bonds. The molecule has 19 heavy (non-hydrogen) atoms. The molecular weight excluding hydrogens is 271 g/mol. The summed E-state index contributed by atoms with van der Waals surface area (Å²) in [4.78, 5) is 11.7. The Morgan fingerprint density at radius 1 is 1.47 bits per heavy atom. The van der Waals surface area contributed by atoms with Crippen molar-refractivity contribution < 1.29 is 9.18 Å². The highest BCUT2D eigenvalue weighted by Gasteiger charge is 2.13. The summed E-state index contributed by atoms with van der Waals surface area (Å²) in [6.45, 7) is 0. The van der Waals surface area contributed by atoms with Gasteiger partial charge in [0.25, 0.3) is 5.91 Å². The topological polar surface area (TPSA) is 59.3 Å². The van der Waals surface area contributed by atoms with E-state index in [9.17, 15) is 9.18 Å². The Kier molecular flexibility index (Phi) is 3.91. The Morgan fingerprint density at radius 3 is 2.74 bits per heavy atom. The number of amides is 1. The van der Waals surface area contributed by atoms with Crippen LogP contribution >= 0.6 is 11.6 Å². The molecule has 5 nitrogen and oxygen atoms in total. The zero-order valence-electron chi connectivity index (χ0n) is 9.97. The van der Waals surface area contributed by atoms with E-state index < -0.39 is 5.91 Å². The van der Waals surface area contributed by atoms with Crippen LogP contribution in [0.4, 0.5) is 4.39 Å². The van der Waals surface area contributed by atoms with Crippen LogP contribution in [0.3, 0.4) is 0 Å². The van der Waals surface area contributed by atoms with E-state index in [0.717, 1.165) is 0 Å². The van der Waals surface area contributed by atoms with E-state index in [4.69, 9.17) is 11.6 Å². The average Bonchev–Trinajstić information content (AvgIpc) is 2.71. The van der Waals surface area contributed by atoms with Gasteiger partial charge in [0.05, 0.1) is 11.2 Å². The fourth-order valence-electron chi connectivity index (χ4n) is 1.38. The van der Waals surface area contributed by atoms with Crippen LogP contribution in [0.1, 0.15) is 16.1 Å². The molecular formula is C12H10ClFN4O. The minimum absolute atomic E-state index is 0.0976. The lowest BCUT2D eigenvalue weighted by Crippen LogP contribution is -2.18. The van der Waals surface area contributed by atoms with Crippen LogP contribution in [-0.2, 0) is 7.05 Å². The SMILES string of the molecule is Cn1cc(Cl)c(C(=O)N/N=C/c2ccc(F)cc2)n1. The van der Waals surface area contributed by atoms with Crippen LogP contribution in [0, 0.1) is 5.82 Å². The van der Waals surface area contributed by atoms with Gasteiger partial charge < -0.3 is 0 Å². The number of hydrogen-bond acceptors (Lipinski definition) is 3. The highest BCUT2D eigenvalue weighted by Crippen LogP contribution is 2.12. The lowest BCUT2D eigenvalue weighted by atomic mass is 10.2. The number of rotatable bonds is 3. The molecule has 0 aliphatic carbocycles. The second-order valence-electron chi connectivity index (χ2n) is 3.75. The predicted octanol–water partition coefficient (Wildman–Crippen LogP) is 1.98. The fourth-order valence-corrected chi connectivity index (χ4v) is 1.65. The van der Waals surface area contributed by atoms with Crippen molar-refractivity contribution in [3.05, 3.63) is 52.6 Å². The molecule has 0 unspecified atom stereocenters. The van der Waals surface area contributed by atoms with E-state index in [1.807, 2.05) is 0 Å². The summed E-state index contributed by atoms with van der Waals surface area (Å²) < 4.78 is 14.1. The first kappa shape index (κ1) is 13.2. The molecule has 0 spiro atoms. The molecule has 7 heteroatoms. The van der Waals surface area contributed by atoms with Crippen LogP contribution in [-0.4, -0.2) is 21.9 Å². The van der Waals surface area contributed by atoms with Crippen molar-refractivity contribution in [3.63, 3.8) is 0 Å². The number of halogens is 2. The van der Waals surface area contributed by atoms with Crippen LogP contribution in [0.25, 0.3) is 0 Å². The van der Waals surface area contributed by atoms with Gasteiger partial charge in [0.2, 0.25) is 0 Å². The van der Waals surface area contributed by atoms with Gasteiger partial charge in [-0.1, -0.05) is 23.7 Å². The number of aromatic nitrogens is 2. The Balaban J connectivity index is 2.00. The maximum atomic E-state index is 12.7. The van der Waals surface area contributed by atoms with Gasteiger partial charge in [-0.25, -0.2) is 9.82 Å². The van der Waals surface area contributed by atoms with E-state index in [2.05, 4.69) is 15.6 Å². The minimum Gasteiger partial charge on any atom is -0.273 e. The summed E-state index contributed by atoms with van der Waals surface area (Å²) in [7, 11) is 1.66. The fraction of sp³-hybridized carbons (Fsp3) is 0.0833. The standard InChI is InChI=1S/C12H10ClFN4O/c1-18-7-10(13)11(17-18)12(19)16-15-6-8-2-4-9(14)5-3-8/h2-7H,1H3,(H,16,19)/b15-6+. The number of hydrogen-bond donors (Lipinski definition) is 1. The lowest BCUT2D eigenvalue weighted by molar-refractivity contribution is 0.0949. The molecule has 98 valence electrons. The molecule has 0 saturated carbocycles. The quantitative estimate of drug-likeness (QED) is 0.690. The summed E-state index contributed by atoms with van der Waals surface area (Å²) in [5, 5.41) is 7.89. The molecule has 0 aliphatic heterocycles. The molecule has 0 saturated heterocycles. The minimum atomic E-state index is -0.510. The van der Waals surface area contributed by atoms with Crippen molar-refractivity contribution in [2.24, 2.45) is 12.1 Å². The van der Waals surface area contributed by atoms with E-state index in [0.29, 0.717) is 5.56 Å². The molecule has 0 bridgehead atoms. The number of hydrazone groups is 1. The molecule has 1 N–H and O–H groups in total. The van der Waals surface area contributed by atoms with Crippen molar-refractivity contribution >= 4 is 23.7 Å². The van der Waals surface area contributed by atoms with Gasteiger partial charge in [0.15, 0.2) is 5.69 Å². The largest absolute Gasteiger partial charge is 0.293 e. The summed E-state index contributed by atoms with van der Waals surface area (Å²) in [5.74, 6) is -0.842. The van der Waals surface area contributed by atoms with Crippen LogP contribution < -0.4 is 5.43 Å². The number of benzene rings is 1. The highest BCUT2D eigenvalue weighted by molar-refractivity contribution is 6.33. The maximum absolute atomic E-state index is 12.7. The first-order valence-corrected chi connectivity index (χ1v) is 5.72. The number of carbonyl (C=O) groups excluding carboxylic acids is 1. The van der Waals surface area contributed by atoms with E-state index >= 15 is 0 Å².